The maximum absolute atomic E-state index is 11.6. The number of morpholine rings is 1. The van der Waals surface area contributed by atoms with Crippen molar-refractivity contribution in [2.75, 3.05) is 38.3 Å². The Kier molecular flexibility index (Phi) is 7.63. The van der Waals surface area contributed by atoms with Crippen LogP contribution in [0.5, 0.6) is 0 Å². The zero-order valence-corrected chi connectivity index (χ0v) is 10.8. The van der Waals surface area contributed by atoms with Crippen molar-refractivity contribution in [3.63, 3.8) is 0 Å². The van der Waals surface area contributed by atoms with Crippen LogP contribution in [0.2, 0.25) is 0 Å². The number of hydrogen-bond donors (Lipinski definition) is 2. The van der Waals surface area contributed by atoms with E-state index in [4.69, 9.17) is 4.74 Å². The molecule has 0 aromatic heterocycles. The van der Waals surface area contributed by atoms with Crippen molar-refractivity contribution in [1.29, 1.82) is 0 Å². The predicted molar refractivity (Wildman–Crippen MR) is 67.9 cm³/mol. The minimum Gasteiger partial charge on any atom is -0.378 e. The lowest BCUT2D eigenvalue weighted by atomic mass is 10.2. The van der Waals surface area contributed by atoms with Crippen LogP contribution in [-0.2, 0) is 9.53 Å². The highest BCUT2D eigenvalue weighted by Crippen LogP contribution is 2.01. The summed E-state index contributed by atoms with van der Waals surface area (Å²) in [5.74, 6) is 1.29. The maximum Gasteiger partial charge on any atom is 0.239 e. The Morgan fingerprint density at radius 1 is 1.50 bits per heavy atom. The van der Waals surface area contributed by atoms with Crippen molar-refractivity contribution in [3.05, 3.63) is 0 Å². The molecule has 0 saturated carbocycles. The first-order valence-corrected chi connectivity index (χ1v) is 7.31. The van der Waals surface area contributed by atoms with Gasteiger partial charge in [0.1, 0.15) is 6.04 Å². The highest BCUT2D eigenvalue weighted by molar-refractivity contribution is 7.98. The smallest absolute Gasteiger partial charge is 0.239 e. The number of nitrogens with one attached hydrogen (secondary N) is 2. The molecule has 16 heavy (non-hydrogen) atoms. The summed E-state index contributed by atoms with van der Waals surface area (Å²) < 4.78 is 5.24. The molecule has 94 valence electrons. The number of thioether (sulfide) groups is 1. The Hall–Kier alpha value is -0.260. The van der Waals surface area contributed by atoms with Gasteiger partial charge in [0, 0.05) is 13.1 Å². The molecule has 1 fully saturated rings. The molecule has 0 aliphatic carbocycles. The molecule has 0 aromatic carbocycles. The number of rotatable bonds is 7. The van der Waals surface area contributed by atoms with E-state index in [0.29, 0.717) is 13.2 Å². The summed E-state index contributed by atoms with van der Waals surface area (Å²) >= 11 is 1.87. The van der Waals surface area contributed by atoms with Crippen molar-refractivity contribution in [1.82, 2.24) is 10.6 Å². The van der Waals surface area contributed by atoms with Crippen LogP contribution in [-0.4, -0.2) is 50.3 Å². The molecule has 0 aromatic rings. The molecule has 1 amide bonds. The fourth-order valence-electron chi connectivity index (χ4n) is 1.62. The zero-order chi connectivity index (χ0) is 11.6. The van der Waals surface area contributed by atoms with E-state index >= 15 is 0 Å². The first-order chi connectivity index (χ1) is 7.84. The van der Waals surface area contributed by atoms with Crippen LogP contribution in [0.4, 0.5) is 0 Å². The van der Waals surface area contributed by atoms with Gasteiger partial charge < -0.3 is 15.4 Å². The third-order valence-electron chi connectivity index (χ3n) is 2.56. The third-order valence-corrected chi connectivity index (χ3v) is 3.26. The van der Waals surface area contributed by atoms with E-state index in [0.717, 1.165) is 19.5 Å². The van der Waals surface area contributed by atoms with Crippen LogP contribution < -0.4 is 10.6 Å². The van der Waals surface area contributed by atoms with Crippen molar-refractivity contribution in [3.8, 4) is 0 Å². The maximum atomic E-state index is 11.6. The van der Waals surface area contributed by atoms with Gasteiger partial charge in [-0.15, -0.1) is 0 Å². The highest BCUT2D eigenvalue weighted by Gasteiger charge is 2.20. The summed E-state index contributed by atoms with van der Waals surface area (Å²) in [6.45, 7) is 2.76. The molecule has 0 radical (unpaired) electrons. The number of hydrogen-bond acceptors (Lipinski definition) is 4. The molecule has 0 bridgehead atoms. The molecule has 4 nitrogen and oxygen atoms in total. The van der Waals surface area contributed by atoms with E-state index < -0.39 is 0 Å². The minimum absolute atomic E-state index is 0.0737. The first kappa shape index (κ1) is 13.8. The molecule has 1 heterocycles. The van der Waals surface area contributed by atoms with E-state index in [1.54, 1.807) is 0 Å². The molecular formula is C11H22N2O2S. The van der Waals surface area contributed by atoms with Gasteiger partial charge in [-0.2, -0.15) is 11.8 Å². The van der Waals surface area contributed by atoms with Gasteiger partial charge in [-0.1, -0.05) is 6.42 Å². The Bertz CT molecular complexity index is 196. The third kappa shape index (κ3) is 5.72. The summed E-state index contributed by atoms with van der Waals surface area (Å²) in [7, 11) is 0. The van der Waals surface area contributed by atoms with Crippen molar-refractivity contribution >= 4 is 17.7 Å². The van der Waals surface area contributed by atoms with E-state index in [1.807, 2.05) is 11.8 Å². The fourth-order valence-corrected chi connectivity index (χ4v) is 2.11. The molecule has 1 aliphatic heterocycles. The second kappa shape index (κ2) is 8.84. The lowest BCUT2D eigenvalue weighted by molar-refractivity contribution is -0.125. The highest BCUT2D eigenvalue weighted by atomic mass is 32.2. The number of ether oxygens (including phenoxy) is 1. The van der Waals surface area contributed by atoms with E-state index in [2.05, 4.69) is 16.9 Å². The number of carbonyl (C=O) groups excluding carboxylic acids is 1. The molecular weight excluding hydrogens is 224 g/mol. The van der Waals surface area contributed by atoms with E-state index in [-0.39, 0.29) is 11.9 Å². The largest absolute Gasteiger partial charge is 0.378 e. The van der Waals surface area contributed by atoms with Gasteiger partial charge in [0.05, 0.1) is 13.2 Å². The molecule has 1 atom stereocenters. The zero-order valence-electron chi connectivity index (χ0n) is 9.96. The molecule has 1 saturated heterocycles. The van der Waals surface area contributed by atoms with Gasteiger partial charge in [0.2, 0.25) is 5.91 Å². The minimum atomic E-state index is -0.153. The average Bonchev–Trinajstić information content (AvgIpc) is 2.34. The topological polar surface area (TPSA) is 50.4 Å². The van der Waals surface area contributed by atoms with Gasteiger partial charge in [-0.3, -0.25) is 4.79 Å². The van der Waals surface area contributed by atoms with Gasteiger partial charge in [-0.25, -0.2) is 0 Å². The SMILES string of the molecule is CSCCCCCNC(=O)C1COCCN1. The summed E-state index contributed by atoms with van der Waals surface area (Å²) in [6.07, 6.45) is 5.62. The van der Waals surface area contributed by atoms with E-state index in [1.165, 1.54) is 18.6 Å². The lowest BCUT2D eigenvalue weighted by Crippen LogP contribution is -2.51. The van der Waals surface area contributed by atoms with Crippen LogP contribution in [0.15, 0.2) is 0 Å². The Morgan fingerprint density at radius 2 is 2.38 bits per heavy atom. The van der Waals surface area contributed by atoms with Crippen LogP contribution in [0.3, 0.4) is 0 Å². The molecule has 0 spiro atoms. The normalized spacial score (nSPS) is 20.7. The first-order valence-electron chi connectivity index (χ1n) is 5.92. The summed E-state index contributed by atoms with van der Waals surface area (Å²) in [6, 6.07) is -0.153. The second-order valence-electron chi connectivity index (χ2n) is 3.93. The quantitative estimate of drug-likeness (QED) is 0.647. The van der Waals surface area contributed by atoms with Crippen LogP contribution in [0.25, 0.3) is 0 Å². The molecule has 2 N–H and O–H groups in total. The van der Waals surface area contributed by atoms with Crippen molar-refractivity contribution in [2.45, 2.75) is 25.3 Å². The average molecular weight is 246 g/mol. The summed E-state index contributed by atoms with van der Waals surface area (Å²) in [5, 5.41) is 6.08. The van der Waals surface area contributed by atoms with Gasteiger partial charge >= 0.3 is 0 Å². The van der Waals surface area contributed by atoms with Crippen LogP contribution >= 0.6 is 11.8 Å². The van der Waals surface area contributed by atoms with Gasteiger partial charge in [0.25, 0.3) is 0 Å². The fraction of sp³-hybridized carbons (Fsp3) is 0.909. The van der Waals surface area contributed by atoms with E-state index in [9.17, 15) is 4.79 Å². The summed E-state index contributed by atoms with van der Waals surface area (Å²) in [5.41, 5.74) is 0. The number of carbonyl (C=O) groups is 1. The van der Waals surface area contributed by atoms with Crippen molar-refractivity contribution in [2.24, 2.45) is 0 Å². The van der Waals surface area contributed by atoms with Crippen LogP contribution in [0.1, 0.15) is 19.3 Å². The predicted octanol–water partition coefficient (Wildman–Crippen LogP) is 0.624. The monoisotopic (exact) mass is 246 g/mol. The number of amides is 1. The standard InChI is InChI=1S/C11H22N2O2S/c1-16-8-4-2-3-5-13-11(14)10-9-15-7-6-12-10/h10,12H,2-9H2,1H3,(H,13,14). The summed E-state index contributed by atoms with van der Waals surface area (Å²) in [4.78, 5) is 11.6. The molecule has 1 aliphatic rings. The molecule has 1 unspecified atom stereocenters. The molecule has 5 heteroatoms. The number of unbranched alkanes of at least 4 members (excludes halogenated alkanes) is 2. The Labute approximate surface area is 102 Å². The van der Waals surface area contributed by atoms with Gasteiger partial charge in [0.15, 0.2) is 0 Å². The lowest BCUT2D eigenvalue weighted by Gasteiger charge is -2.22. The van der Waals surface area contributed by atoms with Crippen LogP contribution in [0, 0.1) is 0 Å². The Balaban J connectivity index is 1.97. The Morgan fingerprint density at radius 3 is 3.06 bits per heavy atom. The van der Waals surface area contributed by atoms with Crippen molar-refractivity contribution < 1.29 is 9.53 Å². The second-order valence-corrected chi connectivity index (χ2v) is 4.91. The molecule has 1 rings (SSSR count). The van der Waals surface area contributed by atoms with Gasteiger partial charge in [-0.05, 0) is 24.9 Å².